The van der Waals surface area contributed by atoms with Crippen molar-refractivity contribution in [3.05, 3.63) is 54.7 Å². The molecule has 3 aromatic rings. The normalized spacial score (nSPS) is 8.04. The summed E-state index contributed by atoms with van der Waals surface area (Å²) >= 11 is 1.40. The Morgan fingerprint density at radius 1 is 0.783 bits per heavy atom. The molecule has 0 aliphatic rings. The molecule has 0 bridgehead atoms. The van der Waals surface area contributed by atoms with Gasteiger partial charge in [0.25, 0.3) is 0 Å². The molecule has 6 heteroatoms. The number of nitrogens with zero attached hydrogens (tertiary/aromatic N) is 2. The van der Waals surface area contributed by atoms with Gasteiger partial charge >= 0.3 is 107 Å². The molecule has 1 aromatic carbocycles. The molecule has 0 N–H and O–H groups in total. The van der Waals surface area contributed by atoms with Crippen LogP contribution in [0.25, 0.3) is 16.8 Å². The molecule has 2 nitrogen and oxygen atoms in total. The van der Waals surface area contributed by atoms with Crippen LogP contribution in [0.5, 0.6) is 0 Å². The molecule has 2 aromatic heterocycles. The average molecular weight is 639 g/mol. The maximum Gasteiger partial charge on any atom is 0 e. The quantitative estimate of drug-likeness (QED) is 0.371. The zero-order valence-corrected chi connectivity index (χ0v) is 25.7. The summed E-state index contributed by atoms with van der Waals surface area (Å²) in [4.78, 5) is 0. The third-order valence-corrected chi connectivity index (χ3v) is 3.99. The fourth-order valence-electron chi connectivity index (χ4n) is 1.80. The molecule has 0 fully saturated rings. The van der Waals surface area contributed by atoms with Crippen LogP contribution in [0.15, 0.2) is 54.7 Å². The Morgan fingerprint density at radius 3 is 1.83 bits per heavy atom. The van der Waals surface area contributed by atoms with E-state index in [-0.39, 0.29) is 98.1 Å². The van der Waals surface area contributed by atoms with E-state index >= 15 is 0 Å². The molecule has 2 heterocycles. The van der Waals surface area contributed by atoms with E-state index in [0.717, 1.165) is 5.69 Å². The Labute approximate surface area is 229 Å². The smallest absolute Gasteiger partial charge is 0 e. The van der Waals surface area contributed by atoms with Gasteiger partial charge in [0.05, 0.1) is 0 Å². The number of pyridine rings is 1. The van der Waals surface area contributed by atoms with Crippen LogP contribution in [0.3, 0.4) is 0 Å². The Kier molecular flexibility index (Phi) is 22.6. The van der Waals surface area contributed by atoms with Crippen LogP contribution >= 0.6 is 0 Å². The summed E-state index contributed by atoms with van der Waals surface area (Å²) in [6.07, 6.45) is 2.00. The van der Waals surface area contributed by atoms with Crippen LogP contribution in [0.1, 0.15) is 27.7 Å². The van der Waals surface area contributed by atoms with Crippen molar-refractivity contribution >= 4 is 31.6 Å². The van der Waals surface area contributed by atoms with Crippen LogP contribution in [-0.4, -0.2) is 32.1 Å². The fraction of sp³-hybridized carbons (Fsp3) is 0.235. The molecule has 112 valence electrons. The maximum absolute atomic E-state index is 4.62. The van der Waals surface area contributed by atoms with Crippen molar-refractivity contribution in [3.8, 4) is 11.3 Å². The Balaban J connectivity index is -0.000000533. The molecular formula is C17H21N2SnY3. The Morgan fingerprint density at radius 2 is 1.30 bits per heavy atom. The van der Waals surface area contributed by atoms with Gasteiger partial charge in [-0.25, -0.2) is 0 Å². The van der Waals surface area contributed by atoms with Gasteiger partial charge in [-0.15, -0.1) is 0 Å². The van der Waals surface area contributed by atoms with Crippen LogP contribution in [0.4, 0.5) is 0 Å². The number of hydrogen-bond acceptors (Lipinski definition) is 1. The second kappa shape index (κ2) is 17.4. The zero-order chi connectivity index (χ0) is 15.0. The van der Waals surface area contributed by atoms with E-state index in [9.17, 15) is 0 Å². The van der Waals surface area contributed by atoms with Gasteiger partial charge in [-0.05, 0) is 0 Å². The van der Waals surface area contributed by atoms with Crippen molar-refractivity contribution < 1.29 is 98.1 Å². The van der Waals surface area contributed by atoms with Crippen LogP contribution < -0.4 is 3.58 Å². The monoisotopic (exact) mass is 640 g/mol. The van der Waals surface area contributed by atoms with Crippen molar-refractivity contribution in [1.29, 1.82) is 0 Å². The first kappa shape index (κ1) is 29.8. The summed E-state index contributed by atoms with van der Waals surface area (Å²) < 4.78 is 3.27. The van der Waals surface area contributed by atoms with E-state index in [4.69, 9.17) is 0 Å². The van der Waals surface area contributed by atoms with E-state index in [1.54, 1.807) is 0 Å². The molecule has 0 spiro atoms. The molecule has 0 saturated heterocycles. The average Bonchev–Trinajstić information content (AvgIpc) is 2.90. The minimum Gasteiger partial charge on any atom is 0 e. The van der Waals surface area contributed by atoms with E-state index < -0.39 is 0 Å². The fourth-order valence-corrected chi connectivity index (χ4v) is 2.92. The summed E-state index contributed by atoms with van der Waals surface area (Å²) in [6, 6.07) is 16.5. The number of fused-ring (bicyclic) bond motifs is 1. The Hall–Kier alpha value is 2.02. The molecule has 0 aliphatic carbocycles. The molecule has 23 heavy (non-hydrogen) atoms. The second-order valence-corrected chi connectivity index (χ2v) is 5.05. The van der Waals surface area contributed by atoms with Gasteiger partial charge in [-0.3, -0.25) is 0 Å². The predicted molar refractivity (Wildman–Crippen MR) is 88.7 cm³/mol. The summed E-state index contributed by atoms with van der Waals surface area (Å²) in [5.41, 5.74) is 3.50. The van der Waals surface area contributed by atoms with E-state index in [2.05, 4.69) is 41.5 Å². The Bertz CT molecular complexity index is 643. The third-order valence-electron chi connectivity index (χ3n) is 2.59. The van der Waals surface area contributed by atoms with Crippen LogP contribution in [-0.2, 0) is 98.1 Å². The van der Waals surface area contributed by atoms with Crippen LogP contribution in [0, 0.1) is 0 Å². The molecule has 6 radical (unpaired) electrons. The maximum atomic E-state index is 4.62. The van der Waals surface area contributed by atoms with Crippen molar-refractivity contribution in [3.63, 3.8) is 0 Å². The largest absolute Gasteiger partial charge is 0 e. The van der Waals surface area contributed by atoms with Gasteiger partial charge in [-0.2, -0.15) is 0 Å². The molecule has 0 aliphatic heterocycles. The number of rotatable bonds is 1. The van der Waals surface area contributed by atoms with Crippen molar-refractivity contribution in [1.82, 2.24) is 9.61 Å². The van der Waals surface area contributed by atoms with Crippen molar-refractivity contribution in [2.75, 3.05) is 0 Å². The van der Waals surface area contributed by atoms with Gasteiger partial charge in [0.1, 0.15) is 0 Å². The third kappa shape index (κ3) is 8.50. The summed E-state index contributed by atoms with van der Waals surface area (Å²) in [7, 11) is 0. The first-order valence-corrected chi connectivity index (χ1v) is 8.53. The van der Waals surface area contributed by atoms with Gasteiger partial charge in [0, 0.05) is 98.1 Å². The van der Waals surface area contributed by atoms with Gasteiger partial charge in [0.2, 0.25) is 0 Å². The standard InChI is InChI=1S/C13H9N2.2C2H6.Sn.3Y/c1-2-6-11(7-3-1)13-10-12-8-4-5-9-15(12)14-13;2*1-2;;;;/h1-9H;2*1-2H3;;;;. The van der Waals surface area contributed by atoms with E-state index in [1.165, 1.54) is 37.2 Å². The van der Waals surface area contributed by atoms with E-state index in [1.807, 2.05) is 50.5 Å². The molecule has 3 rings (SSSR count). The predicted octanol–water partition coefficient (Wildman–Crippen LogP) is 3.84. The summed E-state index contributed by atoms with van der Waals surface area (Å²) in [5, 5.41) is 4.62. The number of hydrogen-bond donors (Lipinski definition) is 0. The first-order chi connectivity index (χ1) is 9.86. The molecular weight excluding hydrogens is 618 g/mol. The molecule has 0 atom stereocenters. The number of aromatic nitrogens is 2. The molecule has 0 amide bonds. The minimum atomic E-state index is 0. The summed E-state index contributed by atoms with van der Waals surface area (Å²) in [5.74, 6) is 0. The van der Waals surface area contributed by atoms with Crippen molar-refractivity contribution in [2.24, 2.45) is 0 Å². The van der Waals surface area contributed by atoms with Crippen molar-refractivity contribution in [2.45, 2.75) is 27.7 Å². The molecule has 0 saturated carbocycles. The zero-order valence-electron chi connectivity index (χ0n) is 14.3. The van der Waals surface area contributed by atoms with Gasteiger partial charge < -0.3 is 0 Å². The topological polar surface area (TPSA) is 17.3 Å². The first-order valence-electron chi connectivity index (χ1n) is 7.10. The van der Waals surface area contributed by atoms with Gasteiger partial charge in [0.15, 0.2) is 0 Å². The SMILES string of the molecule is CC.CC.[Sn][c]1c(-c2ccccc2)nn2ccccc12.[Y].[Y].[Y]. The van der Waals surface area contributed by atoms with E-state index in [0.29, 0.717) is 0 Å². The van der Waals surface area contributed by atoms with Crippen LogP contribution in [0.2, 0.25) is 0 Å². The van der Waals surface area contributed by atoms with Gasteiger partial charge in [-0.1, -0.05) is 27.7 Å². The summed E-state index contributed by atoms with van der Waals surface area (Å²) in [6.45, 7) is 8.00. The minimum absolute atomic E-state index is 0. The molecule has 0 unspecified atom stereocenters. The second-order valence-electron chi connectivity index (χ2n) is 3.62. The number of benzene rings is 1.